The van der Waals surface area contributed by atoms with Gasteiger partial charge in [-0.3, -0.25) is 0 Å². The number of anilines is 3. The summed E-state index contributed by atoms with van der Waals surface area (Å²) in [4.78, 5) is 2.49. The molecule has 12 aromatic rings. The number of rotatable bonds is 4. The van der Waals surface area contributed by atoms with E-state index in [2.05, 4.69) is 248 Å². The van der Waals surface area contributed by atoms with E-state index < -0.39 is 10.8 Å². The molecule has 0 unspecified atom stereocenters. The van der Waals surface area contributed by atoms with Crippen molar-refractivity contribution >= 4 is 39.0 Å². The van der Waals surface area contributed by atoms with Gasteiger partial charge in [-0.05, 0) is 105 Å². The molecule has 11 aromatic carbocycles. The van der Waals surface area contributed by atoms with Crippen molar-refractivity contribution in [3.63, 3.8) is 0 Å². The highest BCUT2D eigenvalue weighted by molar-refractivity contribution is 6.09. The van der Waals surface area contributed by atoms with Crippen LogP contribution in [0.3, 0.4) is 0 Å². The van der Waals surface area contributed by atoms with Gasteiger partial charge in [-0.1, -0.05) is 188 Å². The lowest BCUT2D eigenvalue weighted by molar-refractivity contribution is 0.436. The van der Waals surface area contributed by atoms with Crippen LogP contribution in [-0.4, -0.2) is 0 Å². The van der Waals surface area contributed by atoms with E-state index in [9.17, 15) is 0 Å². The maximum Gasteiger partial charge on any atom is 0.143 e. The number of hydrogen-bond acceptors (Lipinski definition) is 4. The standard InChI is InChI=1S/C68H41NO3/c1-4-22-51-46(17-1)47-40-39-44(41-58(47)68(51)55-26-8-13-33-63(55)71-64-34-14-9-27-56(64)68)69(43-37-35-42(36-38-43)45-20-15-21-49-48-18-3-10-30-60(48)72-66(45)49)59-29-16-28-57-65(59)50-19-2-5-23-52(50)67(57)53-24-6-11-31-61(53)70-62-32-12-7-25-54(62)67/h1-41H. The van der Waals surface area contributed by atoms with Crippen LogP contribution in [0.15, 0.2) is 253 Å². The summed E-state index contributed by atoms with van der Waals surface area (Å²) in [7, 11) is 0. The molecule has 336 valence electrons. The van der Waals surface area contributed by atoms with Crippen molar-refractivity contribution in [3.05, 3.63) is 293 Å². The van der Waals surface area contributed by atoms with Crippen molar-refractivity contribution < 1.29 is 13.9 Å². The Labute approximate surface area is 416 Å². The zero-order valence-corrected chi connectivity index (χ0v) is 38.8. The molecule has 0 atom stereocenters. The number of para-hydroxylation sites is 6. The van der Waals surface area contributed by atoms with Gasteiger partial charge in [0.25, 0.3) is 0 Å². The van der Waals surface area contributed by atoms with E-state index in [4.69, 9.17) is 13.9 Å². The van der Waals surface area contributed by atoms with Crippen LogP contribution >= 0.6 is 0 Å². The van der Waals surface area contributed by atoms with E-state index in [1.54, 1.807) is 0 Å². The van der Waals surface area contributed by atoms with Gasteiger partial charge in [-0.15, -0.1) is 0 Å². The Hall–Kier alpha value is -9.38. The molecule has 0 radical (unpaired) electrons. The van der Waals surface area contributed by atoms with Crippen molar-refractivity contribution in [1.82, 2.24) is 0 Å². The van der Waals surface area contributed by atoms with Crippen molar-refractivity contribution in [3.8, 4) is 56.4 Å². The van der Waals surface area contributed by atoms with Gasteiger partial charge < -0.3 is 18.8 Å². The van der Waals surface area contributed by atoms with Gasteiger partial charge in [0.15, 0.2) is 0 Å². The summed E-state index contributed by atoms with van der Waals surface area (Å²) in [6.07, 6.45) is 0. The summed E-state index contributed by atoms with van der Waals surface area (Å²) >= 11 is 0. The minimum absolute atomic E-state index is 0.632. The van der Waals surface area contributed by atoms with Crippen LogP contribution in [-0.2, 0) is 10.8 Å². The summed E-state index contributed by atoms with van der Waals surface area (Å²) in [6, 6.07) is 90.2. The molecule has 0 amide bonds. The van der Waals surface area contributed by atoms with Crippen molar-refractivity contribution in [2.45, 2.75) is 10.8 Å². The largest absolute Gasteiger partial charge is 0.457 e. The van der Waals surface area contributed by atoms with Gasteiger partial charge in [-0.25, -0.2) is 0 Å². The van der Waals surface area contributed by atoms with Crippen LogP contribution in [0.1, 0.15) is 44.5 Å². The third kappa shape index (κ3) is 5.05. The molecule has 2 spiro atoms. The Bertz CT molecular complexity index is 4170. The van der Waals surface area contributed by atoms with Crippen molar-refractivity contribution in [2.75, 3.05) is 4.90 Å². The molecule has 1 aromatic heterocycles. The second-order valence-corrected chi connectivity index (χ2v) is 19.4. The number of furan rings is 1. The molecule has 2 aliphatic carbocycles. The van der Waals surface area contributed by atoms with Gasteiger partial charge in [-0.2, -0.15) is 0 Å². The van der Waals surface area contributed by atoms with E-state index in [1.807, 2.05) is 6.07 Å². The maximum absolute atomic E-state index is 6.76. The van der Waals surface area contributed by atoms with Crippen LogP contribution in [0.2, 0.25) is 0 Å². The highest BCUT2D eigenvalue weighted by Crippen LogP contribution is 2.66. The summed E-state index contributed by atoms with van der Waals surface area (Å²) in [6.45, 7) is 0. The van der Waals surface area contributed by atoms with Crippen molar-refractivity contribution in [1.29, 1.82) is 0 Å². The molecular weight excluding hydrogens is 879 g/mol. The maximum atomic E-state index is 6.76. The highest BCUT2D eigenvalue weighted by Gasteiger charge is 2.53. The molecular formula is C68H41NO3. The predicted molar refractivity (Wildman–Crippen MR) is 289 cm³/mol. The molecule has 4 heteroatoms. The second kappa shape index (κ2) is 14.6. The molecule has 3 heterocycles. The molecule has 16 rings (SSSR count). The SMILES string of the molecule is c1ccc2c(c1)Oc1ccccc1C21c2ccccc2-c2ccc(N(c3ccc(-c4cccc5c4oc4ccccc45)cc3)c3cccc4c3-c3ccccc3C43c4ccccc4Oc4ccccc43)cc21. The first kappa shape index (κ1) is 39.5. The lowest BCUT2D eigenvalue weighted by atomic mass is 9.66. The third-order valence-corrected chi connectivity index (χ3v) is 16.0. The first-order chi connectivity index (χ1) is 35.7. The average molecular weight is 920 g/mol. The van der Waals surface area contributed by atoms with Gasteiger partial charge in [0, 0.05) is 55.5 Å². The van der Waals surface area contributed by atoms with E-state index >= 15 is 0 Å². The fraction of sp³-hybridized carbons (Fsp3) is 0.0294. The normalized spacial score (nSPS) is 14.3. The lowest BCUT2D eigenvalue weighted by Gasteiger charge is -2.40. The molecule has 4 nitrogen and oxygen atoms in total. The molecule has 0 saturated heterocycles. The fourth-order valence-electron chi connectivity index (χ4n) is 13.2. The second-order valence-electron chi connectivity index (χ2n) is 19.4. The number of ether oxygens (including phenoxy) is 2. The van der Waals surface area contributed by atoms with Gasteiger partial charge in [0.2, 0.25) is 0 Å². The first-order valence-corrected chi connectivity index (χ1v) is 24.7. The quantitative estimate of drug-likeness (QED) is 0.176. The minimum Gasteiger partial charge on any atom is -0.457 e. The van der Waals surface area contributed by atoms with E-state index in [0.29, 0.717) is 0 Å². The Balaban J connectivity index is 0.974. The minimum atomic E-state index is -0.640. The predicted octanol–water partition coefficient (Wildman–Crippen LogP) is 17.7. The van der Waals surface area contributed by atoms with Gasteiger partial charge in [0.05, 0.1) is 16.5 Å². The number of benzene rings is 11. The molecule has 0 saturated carbocycles. The monoisotopic (exact) mass is 919 g/mol. The molecule has 0 bridgehead atoms. The summed E-state index contributed by atoms with van der Waals surface area (Å²) in [5.41, 5.74) is 20.1. The van der Waals surface area contributed by atoms with Crippen LogP contribution in [0.5, 0.6) is 23.0 Å². The summed E-state index contributed by atoms with van der Waals surface area (Å²) in [5.74, 6) is 3.49. The topological polar surface area (TPSA) is 34.8 Å². The molecule has 4 aliphatic rings. The Kier molecular flexibility index (Phi) is 7.99. The van der Waals surface area contributed by atoms with Crippen LogP contribution in [0.4, 0.5) is 17.1 Å². The van der Waals surface area contributed by atoms with Crippen LogP contribution in [0, 0.1) is 0 Å². The zero-order valence-electron chi connectivity index (χ0n) is 38.8. The molecule has 0 N–H and O–H groups in total. The Morgan fingerprint density at radius 2 is 0.764 bits per heavy atom. The van der Waals surface area contributed by atoms with Crippen molar-refractivity contribution in [2.24, 2.45) is 0 Å². The van der Waals surface area contributed by atoms with Gasteiger partial charge in [0.1, 0.15) is 34.2 Å². The lowest BCUT2D eigenvalue weighted by Crippen LogP contribution is -2.32. The number of hydrogen-bond donors (Lipinski definition) is 0. The summed E-state index contributed by atoms with van der Waals surface area (Å²) < 4.78 is 20.1. The highest BCUT2D eigenvalue weighted by atomic mass is 16.5. The third-order valence-electron chi connectivity index (χ3n) is 16.0. The molecule has 2 aliphatic heterocycles. The van der Waals surface area contributed by atoms with E-state index in [1.165, 1.54) is 44.5 Å². The summed E-state index contributed by atoms with van der Waals surface area (Å²) in [5, 5.41) is 2.23. The van der Waals surface area contributed by atoms with Crippen LogP contribution in [0.25, 0.3) is 55.3 Å². The first-order valence-electron chi connectivity index (χ1n) is 24.7. The smallest absolute Gasteiger partial charge is 0.143 e. The fourth-order valence-corrected chi connectivity index (χ4v) is 13.2. The molecule has 72 heavy (non-hydrogen) atoms. The number of fused-ring (bicyclic) bond motifs is 21. The van der Waals surface area contributed by atoms with Gasteiger partial charge >= 0.3 is 0 Å². The average Bonchev–Trinajstić information content (AvgIpc) is 4.07. The van der Waals surface area contributed by atoms with E-state index in [0.717, 1.165) is 95.4 Å². The number of nitrogens with zero attached hydrogens (tertiary/aromatic N) is 1. The Morgan fingerprint density at radius 1 is 0.306 bits per heavy atom. The zero-order chi connectivity index (χ0) is 47.1. The Morgan fingerprint density at radius 3 is 1.42 bits per heavy atom. The molecule has 0 fully saturated rings. The van der Waals surface area contributed by atoms with Crippen LogP contribution < -0.4 is 14.4 Å². The van der Waals surface area contributed by atoms with E-state index in [-0.39, 0.29) is 0 Å².